The molecule has 0 saturated heterocycles. The molecule has 0 fully saturated rings. The molecular formula is C18H33NO5. The summed E-state index contributed by atoms with van der Waals surface area (Å²) in [5.41, 5.74) is -2.47. The van der Waals surface area contributed by atoms with E-state index in [0.717, 1.165) is 26.2 Å². The van der Waals surface area contributed by atoms with Crippen molar-refractivity contribution in [1.29, 1.82) is 0 Å². The average molecular weight is 343 g/mol. The summed E-state index contributed by atoms with van der Waals surface area (Å²) in [7, 11) is 0. The smallest absolute Gasteiger partial charge is 0.307 e. The van der Waals surface area contributed by atoms with E-state index >= 15 is 0 Å². The molecule has 0 spiro atoms. The van der Waals surface area contributed by atoms with Crippen LogP contribution in [0.2, 0.25) is 0 Å². The molecular weight excluding hydrogens is 310 g/mol. The van der Waals surface area contributed by atoms with Crippen LogP contribution in [-0.4, -0.2) is 40.0 Å². The van der Waals surface area contributed by atoms with Crippen molar-refractivity contribution < 1.29 is 24.6 Å². The maximum absolute atomic E-state index is 11.9. The lowest BCUT2D eigenvalue weighted by molar-refractivity contribution is -0.159. The highest BCUT2D eigenvalue weighted by atomic mass is 16.4. The Kier molecular flexibility index (Phi) is 12.2. The van der Waals surface area contributed by atoms with Crippen LogP contribution in [0, 0.1) is 0 Å². The summed E-state index contributed by atoms with van der Waals surface area (Å²) in [5.74, 6) is -3.17. The summed E-state index contributed by atoms with van der Waals surface area (Å²) in [5, 5.41) is 21.1. The normalized spacial score (nSPS) is 13.3. The lowest BCUT2D eigenvalue weighted by Gasteiger charge is -2.22. The van der Waals surface area contributed by atoms with Crippen molar-refractivity contribution in [2.24, 2.45) is 0 Å². The predicted molar refractivity (Wildman–Crippen MR) is 92.7 cm³/mol. The molecule has 1 amide bonds. The third kappa shape index (κ3) is 9.65. The zero-order chi connectivity index (χ0) is 18.4. The highest BCUT2D eigenvalue weighted by Crippen LogP contribution is 2.13. The van der Waals surface area contributed by atoms with Gasteiger partial charge in [-0.3, -0.25) is 14.4 Å². The molecule has 24 heavy (non-hydrogen) atoms. The number of amides is 1. The highest BCUT2D eigenvalue weighted by molar-refractivity contribution is 6.10. The van der Waals surface area contributed by atoms with Gasteiger partial charge in [0, 0.05) is 6.54 Å². The first-order chi connectivity index (χ1) is 11.3. The number of hydrogen-bond donors (Lipinski definition) is 3. The molecule has 0 rings (SSSR count). The number of aliphatic carboxylic acids is 1. The Balaban J connectivity index is 3.77. The number of ketones is 1. The molecule has 1 atom stereocenters. The van der Waals surface area contributed by atoms with Crippen molar-refractivity contribution in [3.8, 4) is 0 Å². The third-order valence-electron chi connectivity index (χ3n) is 4.18. The summed E-state index contributed by atoms with van der Waals surface area (Å²) in [6, 6.07) is 0. The minimum Gasteiger partial charge on any atom is -0.481 e. The molecule has 6 heteroatoms. The Labute approximate surface area is 145 Å². The monoisotopic (exact) mass is 343 g/mol. The van der Waals surface area contributed by atoms with Crippen LogP contribution in [0.3, 0.4) is 0 Å². The molecule has 0 aromatic rings. The summed E-state index contributed by atoms with van der Waals surface area (Å²) >= 11 is 0. The number of hydrogen-bond acceptors (Lipinski definition) is 4. The number of carboxylic acids is 1. The molecule has 140 valence electrons. The predicted octanol–water partition coefficient (Wildman–Crippen LogP) is 2.82. The number of unbranched alkanes of at least 4 members (excludes halogenated alkanes) is 9. The topological polar surface area (TPSA) is 104 Å². The summed E-state index contributed by atoms with van der Waals surface area (Å²) < 4.78 is 0. The minimum absolute atomic E-state index is 0.338. The van der Waals surface area contributed by atoms with Crippen LogP contribution >= 0.6 is 0 Å². The van der Waals surface area contributed by atoms with Gasteiger partial charge in [0.1, 0.15) is 0 Å². The van der Waals surface area contributed by atoms with Gasteiger partial charge in [-0.05, 0) is 13.3 Å². The van der Waals surface area contributed by atoms with E-state index in [0.29, 0.717) is 6.54 Å². The minimum atomic E-state index is -2.47. The molecule has 1 unspecified atom stereocenters. The highest BCUT2D eigenvalue weighted by Gasteiger charge is 2.43. The van der Waals surface area contributed by atoms with Crippen molar-refractivity contribution in [2.75, 3.05) is 6.54 Å². The first-order valence-electron chi connectivity index (χ1n) is 9.08. The van der Waals surface area contributed by atoms with Crippen molar-refractivity contribution in [3.63, 3.8) is 0 Å². The molecule has 0 aromatic carbocycles. The van der Waals surface area contributed by atoms with E-state index in [1.54, 1.807) is 0 Å². The quantitative estimate of drug-likeness (QED) is 0.313. The van der Waals surface area contributed by atoms with Crippen LogP contribution in [0.4, 0.5) is 0 Å². The lowest BCUT2D eigenvalue weighted by Crippen LogP contribution is -2.53. The van der Waals surface area contributed by atoms with E-state index in [4.69, 9.17) is 5.11 Å². The van der Waals surface area contributed by atoms with Crippen LogP contribution in [0.25, 0.3) is 0 Å². The van der Waals surface area contributed by atoms with E-state index < -0.39 is 29.7 Å². The summed E-state index contributed by atoms with van der Waals surface area (Å²) in [4.78, 5) is 33.9. The molecule has 0 aliphatic heterocycles. The molecule has 0 saturated carbocycles. The average Bonchev–Trinajstić information content (AvgIpc) is 2.51. The number of carbonyl (C=O) groups is 3. The Hall–Kier alpha value is -1.43. The molecule has 6 nitrogen and oxygen atoms in total. The number of aliphatic hydroxyl groups is 1. The largest absolute Gasteiger partial charge is 0.481 e. The van der Waals surface area contributed by atoms with Gasteiger partial charge in [-0.1, -0.05) is 64.7 Å². The lowest BCUT2D eigenvalue weighted by atomic mass is 9.94. The molecule has 0 aliphatic rings. The second-order valence-corrected chi connectivity index (χ2v) is 6.42. The van der Waals surface area contributed by atoms with Crippen LogP contribution < -0.4 is 5.32 Å². The van der Waals surface area contributed by atoms with Crippen molar-refractivity contribution in [3.05, 3.63) is 0 Å². The number of carboxylic acid groups (broad SMARTS) is 1. The summed E-state index contributed by atoms with van der Waals surface area (Å²) in [6.07, 6.45) is 10.8. The van der Waals surface area contributed by atoms with Gasteiger partial charge in [-0.25, -0.2) is 0 Å². The van der Waals surface area contributed by atoms with Gasteiger partial charge in [0.25, 0.3) is 5.91 Å². The van der Waals surface area contributed by atoms with Gasteiger partial charge in [-0.2, -0.15) is 0 Å². The SMILES string of the molecule is CCCCCCCCCCCCNC(=O)C(O)(CC(=O)O)C(C)=O. The standard InChI is InChI=1S/C18H33NO5/c1-3-4-5-6-7-8-9-10-11-12-13-19-17(23)18(24,15(2)20)14-16(21)22/h24H,3-14H2,1-2H3,(H,19,23)(H,21,22). The molecule has 0 heterocycles. The van der Waals surface area contributed by atoms with E-state index in [1.807, 2.05) is 0 Å². The van der Waals surface area contributed by atoms with Gasteiger partial charge in [0.15, 0.2) is 5.78 Å². The van der Waals surface area contributed by atoms with Crippen LogP contribution in [0.1, 0.15) is 84.5 Å². The van der Waals surface area contributed by atoms with Gasteiger partial charge >= 0.3 is 5.97 Å². The van der Waals surface area contributed by atoms with E-state index in [-0.39, 0.29) is 0 Å². The Morgan fingerprint density at radius 3 is 1.75 bits per heavy atom. The van der Waals surface area contributed by atoms with Crippen molar-refractivity contribution in [2.45, 2.75) is 90.1 Å². The van der Waals surface area contributed by atoms with Gasteiger partial charge in [0.05, 0.1) is 6.42 Å². The number of Topliss-reactive ketones (excluding diaryl/α,β-unsaturated/α-hetero) is 1. The molecule has 0 aliphatic carbocycles. The van der Waals surface area contributed by atoms with Gasteiger partial charge in [0.2, 0.25) is 5.60 Å². The number of nitrogens with one attached hydrogen (secondary N) is 1. The fourth-order valence-corrected chi connectivity index (χ4v) is 2.54. The Morgan fingerprint density at radius 1 is 0.875 bits per heavy atom. The van der Waals surface area contributed by atoms with E-state index in [1.165, 1.54) is 44.9 Å². The second-order valence-electron chi connectivity index (χ2n) is 6.42. The van der Waals surface area contributed by atoms with Crippen LogP contribution in [0.15, 0.2) is 0 Å². The van der Waals surface area contributed by atoms with E-state index in [2.05, 4.69) is 12.2 Å². The number of rotatable bonds is 15. The maximum Gasteiger partial charge on any atom is 0.307 e. The first kappa shape index (κ1) is 22.6. The van der Waals surface area contributed by atoms with Crippen molar-refractivity contribution in [1.82, 2.24) is 5.32 Å². The van der Waals surface area contributed by atoms with Crippen LogP contribution in [0.5, 0.6) is 0 Å². The zero-order valence-electron chi connectivity index (χ0n) is 15.1. The fraction of sp³-hybridized carbons (Fsp3) is 0.833. The third-order valence-corrected chi connectivity index (χ3v) is 4.18. The molecule has 0 radical (unpaired) electrons. The first-order valence-corrected chi connectivity index (χ1v) is 9.08. The van der Waals surface area contributed by atoms with Crippen molar-refractivity contribution >= 4 is 17.7 Å². The van der Waals surface area contributed by atoms with Crippen LogP contribution in [-0.2, 0) is 14.4 Å². The Morgan fingerprint density at radius 2 is 1.33 bits per heavy atom. The zero-order valence-corrected chi connectivity index (χ0v) is 15.1. The molecule has 3 N–H and O–H groups in total. The summed E-state index contributed by atoms with van der Waals surface area (Å²) in [6.45, 7) is 3.56. The van der Waals surface area contributed by atoms with Gasteiger partial charge < -0.3 is 15.5 Å². The molecule has 0 bridgehead atoms. The fourth-order valence-electron chi connectivity index (χ4n) is 2.54. The second kappa shape index (κ2) is 12.9. The maximum atomic E-state index is 11.9. The number of carbonyl (C=O) groups excluding carboxylic acids is 2. The van der Waals surface area contributed by atoms with Gasteiger partial charge in [-0.15, -0.1) is 0 Å². The molecule has 0 aromatic heterocycles. The Bertz CT molecular complexity index is 397. The van der Waals surface area contributed by atoms with E-state index in [9.17, 15) is 19.5 Å².